The third-order valence-corrected chi connectivity index (χ3v) is 4.23. The van der Waals surface area contributed by atoms with Gasteiger partial charge in [-0.15, -0.1) is 0 Å². The van der Waals surface area contributed by atoms with Crippen molar-refractivity contribution in [1.29, 1.82) is 0 Å². The first kappa shape index (κ1) is 19.8. The van der Waals surface area contributed by atoms with Crippen LogP contribution < -0.4 is 10.6 Å². The van der Waals surface area contributed by atoms with Gasteiger partial charge in [0.25, 0.3) is 0 Å². The van der Waals surface area contributed by atoms with Crippen molar-refractivity contribution >= 4 is 39.5 Å². The monoisotopic (exact) mass is 418 g/mol. The first-order chi connectivity index (χ1) is 12.3. The van der Waals surface area contributed by atoms with E-state index < -0.39 is 11.7 Å². The normalized spacial score (nSPS) is 10.8. The zero-order chi connectivity index (χ0) is 19.3. The predicted molar refractivity (Wildman–Crippen MR) is 105 cm³/mol. The molecular formula is C20H20BrFN2O2. The lowest BCUT2D eigenvalue weighted by atomic mass is 10.1. The van der Waals surface area contributed by atoms with Gasteiger partial charge in [-0.2, -0.15) is 0 Å². The Bertz CT molecular complexity index is 855. The molecule has 0 atom stereocenters. The molecule has 6 heteroatoms. The third kappa shape index (κ3) is 5.52. The lowest BCUT2D eigenvalue weighted by molar-refractivity contribution is -0.121. The number of rotatable bonds is 5. The molecular weight excluding hydrogens is 399 g/mol. The highest BCUT2D eigenvalue weighted by molar-refractivity contribution is 9.10. The molecule has 26 heavy (non-hydrogen) atoms. The average Bonchev–Trinajstić information content (AvgIpc) is 2.57. The highest BCUT2D eigenvalue weighted by Crippen LogP contribution is 2.21. The molecule has 4 nitrogen and oxygen atoms in total. The largest absolute Gasteiger partial charge is 0.343 e. The number of carbonyl (C=O) groups is 2. The molecule has 0 radical (unpaired) electrons. The molecule has 136 valence electrons. The number of benzene rings is 2. The molecule has 0 spiro atoms. The summed E-state index contributed by atoms with van der Waals surface area (Å²) < 4.78 is 14.3. The summed E-state index contributed by atoms with van der Waals surface area (Å²) in [6, 6.07) is 8.41. The Morgan fingerprint density at radius 2 is 1.77 bits per heavy atom. The van der Waals surface area contributed by atoms with Gasteiger partial charge >= 0.3 is 0 Å². The Balaban J connectivity index is 1.92. The fourth-order valence-corrected chi connectivity index (χ4v) is 2.97. The van der Waals surface area contributed by atoms with Crippen molar-refractivity contribution in [2.75, 3.05) is 11.9 Å². The van der Waals surface area contributed by atoms with E-state index in [0.717, 1.165) is 22.4 Å². The lowest BCUT2D eigenvalue weighted by Gasteiger charge is -2.13. The van der Waals surface area contributed by atoms with Crippen LogP contribution in [-0.2, 0) is 9.59 Å². The van der Waals surface area contributed by atoms with E-state index >= 15 is 0 Å². The van der Waals surface area contributed by atoms with E-state index in [4.69, 9.17) is 0 Å². The number of amides is 2. The standard InChI is InChI=1S/C20H20BrFN2O2/c1-12-8-13(2)20(14(3)9-12)24-19(26)11-23-18(25)7-4-15-10-16(21)5-6-17(15)22/h4-10H,11H2,1-3H3,(H,23,25)(H,24,26)/b7-4+. The number of halogens is 2. The predicted octanol–water partition coefficient (Wildman–Crippen LogP) is 4.28. The van der Waals surface area contributed by atoms with E-state index in [1.54, 1.807) is 12.1 Å². The lowest BCUT2D eigenvalue weighted by Crippen LogP contribution is -2.32. The van der Waals surface area contributed by atoms with Gasteiger partial charge in [-0.05, 0) is 56.2 Å². The molecule has 2 aromatic carbocycles. The van der Waals surface area contributed by atoms with Crippen LogP contribution in [0.3, 0.4) is 0 Å². The van der Waals surface area contributed by atoms with Crippen LogP contribution in [0.5, 0.6) is 0 Å². The number of anilines is 1. The second-order valence-electron chi connectivity index (χ2n) is 6.04. The van der Waals surface area contributed by atoms with Gasteiger partial charge < -0.3 is 10.6 Å². The van der Waals surface area contributed by atoms with Crippen molar-refractivity contribution in [3.63, 3.8) is 0 Å². The molecule has 0 aliphatic carbocycles. The molecule has 0 aromatic heterocycles. The van der Waals surface area contributed by atoms with E-state index in [1.807, 2.05) is 32.9 Å². The van der Waals surface area contributed by atoms with Gasteiger partial charge in [0.15, 0.2) is 0 Å². The SMILES string of the molecule is Cc1cc(C)c(NC(=O)CNC(=O)/C=C/c2cc(Br)ccc2F)c(C)c1. The summed E-state index contributed by atoms with van der Waals surface area (Å²) in [7, 11) is 0. The van der Waals surface area contributed by atoms with E-state index in [1.165, 1.54) is 18.2 Å². The Hall–Kier alpha value is -2.47. The maximum atomic E-state index is 13.6. The van der Waals surface area contributed by atoms with Gasteiger partial charge in [-0.1, -0.05) is 33.6 Å². The summed E-state index contributed by atoms with van der Waals surface area (Å²) >= 11 is 3.25. The Kier molecular flexibility index (Phi) is 6.69. The topological polar surface area (TPSA) is 58.2 Å². The molecule has 0 unspecified atom stereocenters. The number of hydrogen-bond acceptors (Lipinski definition) is 2. The van der Waals surface area contributed by atoms with Crippen LogP contribution in [-0.4, -0.2) is 18.4 Å². The maximum absolute atomic E-state index is 13.6. The van der Waals surface area contributed by atoms with Crippen LogP contribution >= 0.6 is 15.9 Å². The van der Waals surface area contributed by atoms with Crippen LogP contribution in [0.2, 0.25) is 0 Å². The Morgan fingerprint density at radius 3 is 2.42 bits per heavy atom. The van der Waals surface area contributed by atoms with E-state index in [9.17, 15) is 14.0 Å². The molecule has 0 bridgehead atoms. The summed E-state index contributed by atoms with van der Waals surface area (Å²) in [5.74, 6) is -1.23. The van der Waals surface area contributed by atoms with Gasteiger partial charge in [0.05, 0.1) is 6.54 Å². The average molecular weight is 419 g/mol. The smallest absolute Gasteiger partial charge is 0.244 e. The van der Waals surface area contributed by atoms with Gasteiger partial charge in [0, 0.05) is 21.8 Å². The molecule has 2 aromatic rings. The fraction of sp³-hybridized carbons (Fsp3) is 0.200. The second kappa shape index (κ2) is 8.76. The fourth-order valence-electron chi connectivity index (χ4n) is 2.59. The minimum Gasteiger partial charge on any atom is -0.343 e. The van der Waals surface area contributed by atoms with E-state index in [2.05, 4.69) is 26.6 Å². The minimum absolute atomic E-state index is 0.170. The van der Waals surface area contributed by atoms with E-state index in [-0.39, 0.29) is 18.0 Å². The quantitative estimate of drug-likeness (QED) is 0.711. The maximum Gasteiger partial charge on any atom is 0.244 e. The summed E-state index contributed by atoms with van der Waals surface area (Å²) in [6.07, 6.45) is 2.56. The molecule has 2 N–H and O–H groups in total. The number of carbonyl (C=O) groups excluding carboxylic acids is 2. The van der Waals surface area contributed by atoms with Crippen molar-refractivity contribution < 1.29 is 14.0 Å². The zero-order valence-corrected chi connectivity index (χ0v) is 16.4. The number of nitrogens with one attached hydrogen (secondary N) is 2. The molecule has 0 fully saturated rings. The summed E-state index contributed by atoms with van der Waals surface area (Å²) in [5.41, 5.74) is 4.09. The van der Waals surface area contributed by atoms with Crippen molar-refractivity contribution in [3.05, 3.63) is 69.0 Å². The molecule has 0 saturated carbocycles. The van der Waals surface area contributed by atoms with Crippen LogP contribution in [0.15, 0.2) is 40.9 Å². The Labute approximate surface area is 160 Å². The molecule has 2 rings (SSSR count). The summed E-state index contributed by atoms with van der Waals surface area (Å²) in [4.78, 5) is 23.9. The van der Waals surface area contributed by atoms with E-state index in [0.29, 0.717) is 4.47 Å². The minimum atomic E-state index is -0.475. The van der Waals surface area contributed by atoms with Crippen LogP contribution in [0.1, 0.15) is 22.3 Å². The number of aryl methyl sites for hydroxylation is 3. The third-order valence-electron chi connectivity index (χ3n) is 3.74. The summed E-state index contributed by atoms with van der Waals surface area (Å²) in [6.45, 7) is 5.66. The van der Waals surface area contributed by atoms with Crippen molar-refractivity contribution in [1.82, 2.24) is 5.32 Å². The summed E-state index contributed by atoms with van der Waals surface area (Å²) in [5, 5.41) is 5.29. The van der Waals surface area contributed by atoms with Crippen LogP contribution in [0.25, 0.3) is 6.08 Å². The van der Waals surface area contributed by atoms with Gasteiger partial charge in [-0.25, -0.2) is 4.39 Å². The Morgan fingerprint density at radius 1 is 1.12 bits per heavy atom. The van der Waals surface area contributed by atoms with Crippen molar-refractivity contribution in [2.24, 2.45) is 0 Å². The molecule has 0 aliphatic heterocycles. The first-order valence-electron chi connectivity index (χ1n) is 8.05. The highest BCUT2D eigenvalue weighted by Gasteiger charge is 2.09. The van der Waals surface area contributed by atoms with Gasteiger partial charge in [0.2, 0.25) is 11.8 Å². The second-order valence-corrected chi connectivity index (χ2v) is 6.95. The van der Waals surface area contributed by atoms with Crippen molar-refractivity contribution in [2.45, 2.75) is 20.8 Å². The first-order valence-corrected chi connectivity index (χ1v) is 8.84. The van der Waals surface area contributed by atoms with Crippen LogP contribution in [0, 0.1) is 26.6 Å². The van der Waals surface area contributed by atoms with Crippen molar-refractivity contribution in [3.8, 4) is 0 Å². The molecule has 0 aliphatic rings. The zero-order valence-electron chi connectivity index (χ0n) is 14.8. The molecule has 0 saturated heterocycles. The molecule has 2 amide bonds. The van der Waals surface area contributed by atoms with Gasteiger partial charge in [-0.3, -0.25) is 9.59 Å². The van der Waals surface area contributed by atoms with Gasteiger partial charge in [0.1, 0.15) is 5.82 Å². The number of hydrogen-bond donors (Lipinski definition) is 2. The van der Waals surface area contributed by atoms with Crippen LogP contribution in [0.4, 0.5) is 10.1 Å². The highest BCUT2D eigenvalue weighted by atomic mass is 79.9. The molecule has 0 heterocycles.